The molecule has 6 heteroatoms. The second-order valence-electron chi connectivity index (χ2n) is 6.10. The Balaban J connectivity index is 1.81. The van der Waals surface area contributed by atoms with Crippen molar-refractivity contribution in [3.8, 4) is 0 Å². The number of hydrogen-bond acceptors (Lipinski definition) is 3. The van der Waals surface area contributed by atoms with Crippen molar-refractivity contribution in [2.45, 2.75) is 57.5 Å². The van der Waals surface area contributed by atoms with E-state index in [1.54, 1.807) is 0 Å². The van der Waals surface area contributed by atoms with E-state index >= 15 is 0 Å². The molecule has 0 spiro atoms. The summed E-state index contributed by atoms with van der Waals surface area (Å²) < 4.78 is 0. The quantitative estimate of drug-likeness (QED) is 0.733. The van der Waals surface area contributed by atoms with Gasteiger partial charge in [0.2, 0.25) is 0 Å². The van der Waals surface area contributed by atoms with Gasteiger partial charge in [0.25, 0.3) is 0 Å². The SMILES string of the molecule is CCN(C(=O)NC1CCC(C(=O)O)CC1)C1CCNCC1. The first-order chi connectivity index (χ1) is 10.1. The van der Waals surface area contributed by atoms with Gasteiger partial charge in [0.1, 0.15) is 0 Å². The average molecular weight is 297 g/mol. The molecule has 3 N–H and O–H groups in total. The topological polar surface area (TPSA) is 81.7 Å². The lowest BCUT2D eigenvalue weighted by molar-refractivity contribution is -0.142. The van der Waals surface area contributed by atoms with Crippen LogP contribution in [0.2, 0.25) is 0 Å². The fourth-order valence-electron chi connectivity index (χ4n) is 3.43. The van der Waals surface area contributed by atoms with Crippen molar-refractivity contribution in [2.24, 2.45) is 5.92 Å². The molecule has 1 saturated carbocycles. The van der Waals surface area contributed by atoms with Crippen LogP contribution in [0.15, 0.2) is 0 Å². The van der Waals surface area contributed by atoms with Gasteiger partial charge in [-0.25, -0.2) is 4.79 Å². The zero-order valence-corrected chi connectivity index (χ0v) is 12.8. The molecular weight excluding hydrogens is 270 g/mol. The van der Waals surface area contributed by atoms with E-state index in [4.69, 9.17) is 5.11 Å². The first kappa shape index (κ1) is 16.1. The molecule has 0 aromatic heterocycles. The van der Waals surface area contributed by atoms with Crippen LogP contribution < -0.4 is 10.6 Å². The van der Waals surface area contributed by atoms with Gasteiger partial charge in [0, 0.05) is 18.6 Å². The molecule has 6 nitrogen and oxygen atoms in total. The maximum Gasteiger partial charge on any atom is 0.317 e. The highest BCUT2D eigenvalue weighted by atomic mass is 16.4. The summed E-state index contributed by atoms with van der Waals surface area (Å²) in [4.78, 5) is 25.3. The monoisotopic (exact) mass is 297 g/mol. The predicted molar refractivity (Wildman–Crippen MR) is 80.2 cm³/mol. The fourth-order valence-corrected chi connectivity index (χ4v) is 3.43. The molecule has 0 unspecified atom stereocenters. The molecule has 2 amide bonds. The third-order valence-electron chi connectivity index (χ3n) is 4.76. The van der Waals surface area contributed by atoms with E-state index in [1.807, 2.05) is 11.8 Å². The lowest BCUT2D eigenvalue weighted by atomic mass is 9.86. The number of nitrogens with one attached hydrogen (secondary N) is 2. The molecule has 1 heterocycles. The standard InChI is InChI=1S/C15H27N3O3/c1-2-18(13-7-9-16-10-8-13)15(21)17-12-5-3-11(4-6-12)14(19)20/h11-13,16H,2-10H2,1H3,(H,17,21)(H,19,20). The Morgan fingerprint density at radius 1 is 1.14 bits per heavy atom. The van der Waals surface area contributed by atoms with Gasteiger partial charge < -0.3 is 20.6 Å². The lowest BCUT2D eigenvalue weighted by Gasteiger charge is -2.36. The first-order valence-corrected chi connectivity index (χ1v) is 8.12. The van der Waals surface area contributed by atoms with Crippen LogP contribution in [0.4, 0.5) is 4.79 Å². The van der Waals surface area contributed by atoms with Gasteiger partial charge >= 0.3 is 12.0 Å². The smallest absolute Gasteiger partial charge is 0.317 e. The van der Waals surface area contributed by atoms with E-state index in [0.717, 1.165) is 45.3 Å². The summed E-state index contributed by atoms with van der Waals surface area (Å²) in [6.07, 6.45) is 4.89. The second kappa shape index (κ2) is 7.64. The van der Waals surface area contributed by atoms with Crippen molar-refractivity contribution in [3.05, 3.63) is 0 Å². The number of carbonyl (C=O) groups excluding carboxylic acids is 1. The molecule has 1 aliphatic heterocycles. The third-order valence-corrected chi connectivity index (χ3v) is 4.76. The lowest BCUT2D eigenvalue weighted by Crippen LogP contribution is -2.52. The van der Waals surface area contributed by atoms with Gasteiger partial charge in [-0.1, -0.05) is 0 Å². The minimum absolute atomic E-state index is 0.0168. The Hall–Kier alpha value is -1.30. The van der Waals surface area contributed by atoms with E-state index in [9.17, 15) is 9.59 Å². The summed E-state index contributed by atoms with van der Waals surface area (Å²) in [5.41, 5.74) is 0. The van der Waals surface area contributed by atoms with Crippen LogP contribution in [0.3, 0.4) is 0 Å². The summed E-state index contributed by atoms with van der Waals surface area (Å²) in [6.45, 7) is 4.68. The molecule has 0 aromatic rings. The highest BCUT2D eigenvalue weighted by molar-refractivity contribution is 5.75. The number of piperidine rings is 1. The highest BCUT2D eigenvalue weighted by Gasteiger charge is 2.29. The molecule has 0 radical (unpaired) electrons. The van der Waals surface area contributed by atoms with Crippen molar-refractivity contribution in [1.82, 2.24) is 15.5 Å². The van der Waals surface area contributed by atoms with Gasteiger partial charge in [-0.15, -0.1) is 0 Å². The third kappa shape index (κ3) is 4.33. The maximum absolute atomic E-state index is 12.4. The van der Waals surface area contributed by atoms with Crippen LogP contribution in [0.1, 0.15) is 45.4 Å². The summed E-state index contributed by atoms with van der Waals surface area (Å²) in [5.74, 6) is -0.936. The maximum atomic E-state index is 12.4. The highest BCUT2D eigenvalue weighted by Crippen LogP contribution is 2.24. The zero-order valence-electron chi connectivity index (χ0n) is 12.8. The molecule has 2 fully saturated rings. The molecule has 0 bridgehead atoms. The number of carboxylic acids is 1. The van der Waals surface area contributed by atoms with E-state index in [-0.39, 0.29) is 18.0 Å². The molecule has 1 aliphatic carbocycles. The first-order valence-electron chi connectivity index (χ1n) is 8.12. The van der Waals surface area contributed by atoms with Crippen molar-refractivity contribution >= 4 is 12.0 Å². The number of urea groups is 1. The minimum Gasteiger partial charge on any atom is -0.481 e. The number of nitrogens with zero attached hydrogens (tertiary/aromatic N) is 1. The van der Waals surface area contributed by atoms with Crippen molar-refractivity contribution in [3.63, 3.8) is 0 Å². The molecule has 120 valence electrons. The molecule has 21 heavy (non-hydrogen) atoms. The summed E-state index contributed by atoms with van der Waals surface area (Å²) in [7, 11) is 0. The van der Waals surface area contributed by atoms with E-state index < -0.39 is 5.97 Å². The van der Waals surface area contributed by atoms with Crippen LogP contribution in [0.5, 0.6) is 0 Å². The largest absolute Gasteiger partial charge is 0.481 e. The van der Waals surface area contributed by atoms with Crippen molar-refractivity contribution < 1.29 is 14.7 Å². The molecule has 0 atom stereocenters. The molecule has 2 rings (SSSR count). The number of rotatable bonds is 4. The Morgan fingerprint density at radius 2 is 1.76 bits per heavy atom. The van der Waals surface area contributed by atoms with Gasteiger partial charge in [-0.2, -0.15) is 0 Å². The molecule has 0 aromatic carbocycles. The van der Waals surface area contributed by atoms with Crippen LogP contribution in [0.25, 0.3) is 0 Å². The number of aliphatic carboxylic acids is 1. The summed E-state index contributed by atoms with van der Waals surface area (Å²) in [5, 5.41) is 15.4. The summed E-state index contributed by atoms with van der Waals surface area (Å²) >= 11 is 0. The van der Waals surface area contributed by atoms with E-state index in [2.05, 4.69) is 10.6 Å². The van der Waals surface area contributed by atoms with Gasteiger partial charge in [-0.3, -0.25) is 4.79 Å². The molecular formula is C15H27N3O3. The number of hydrogen-bond donors (Lipinski definition) is 3. The summed E-state index contributed by atoms with van der Waals surface area (Å²) in [6, 6.07) is 0.471. The molecule has 1 saturated heterocycles. The van der Waals surface area contributed by atoms with Gasteiger partial charge in [-0.05, 0) is 58.5 Å². The number of carbonyl (C=O) groups is 2. The van der Waals surface area contributed by atoms with Crippen LogP contribution in [-0.4, -0.2) is 53.7 Å². The van der Waals surface area contributed by atoms with Gasteiger partial charge in [0.15, 0.2) is 0 Å². The van der Waals surface area contributed by atoms with E-state index in [1.165, 1.54) is 0 Å². The van der Waals surface area contributed by atoms with E-state index in [0.29, 0.717) is 18.9 Å². The van der Waals surface area contributed by atoms with Crippen molar-refractivity contribution in [1.29, 1.82) is 0 Å². The number of amides is 2. The van der Waals surface area contributed by atoms with Crippen molar-refractivity contribution in [2.75, 3.05) is 19.6 Å². The fraction of sp³-hybridized carbons (Fsp3) is 0.867. The zero-order chi connectivity index (χ0) is 15.2. The van der Waals surface area contributed by atoms with Crippen LogP contribution >= 0.6 is 0 Å². The van der Waals surface area contributed by atoms with Crippen LogP contribution in [-0.2, 0) is 4.79 Å². The second-order valence-corrected chi connectivity index (χ2v) is 6.10. The van der Waals surface area contributed by atoms with Crippen LogP contribution in [0, 0.1) is 5.92 Å². The Morgan fingerprint density at radius 3 is 2.29 bits per heavy atom. The Bertz CT molecular complexity index is 361. The Kier molecular flexibility index (Phi) is 5.85. The normalized spacial score (nSPS) is 27.1. The number of carboxylic acid groups (broad SMARTS) is 1. The minimum atomic E-state index is -0.704. The predicted octanol–water partition coefficient (Wildman–Crippen LogP) is 1.41. The van der Waals surface area contributed by atoms with Gasteiger partial charge in [0.05, 0.1) is 5.92 Å². The average Bonchev–Trinajstić information content (AvgIpc) is 2.49. The Labute approximate surface area is 126 Å². The molecule has 2 aliphatic rings.